The number of rotatable bonds is 3. The molecule has 0 aliphatic carbocycles. The van der Waals surface area contributed by atoms with Crippen LogP contribution in [-0.2, 0) is 11.2 Å². The van der Waals surface area contributed by atoms with Crippen molar-refractivity contribution in [3.63, 3.8) is 0 Å². The Labute approximate surface area is 134 Å². The van der Waals surface area contributed by atoms with Gasteiger partial charge in [0.05, 0.1) is 20.3 Å². The zero-order valence-corrected chi connectivity index (χ0v) is 13.8. The monoisotopic (exact) mass is 317 g/mol. The summed E-state index contributed by atoms with van der Waals surface area (Å²) in [6.45, 7) is 2.35. The highest BCUT2D eigenvalue weighted by Crippen LogP contribution is 2.42. The summed E-state index contributed by atoms with van der Waals surface area (Å²) in [7, 11) is 3.28. The summed E-state index contributed by atoms with van der Waals surface area (Å²) in [5.74, 6) is 1.54. The van der Waals surface area contributed by atoms with Crippen molar-refractivity contribution in [1.29, 1.82) is 0 Å². The van der Waals surface area contributed by atoms with Gasteiger partial charge in [-0.15, -0.1) is 11.3 Å². The van der Waals surface area contributed by atoms with Crippen LogP contribution in [0.25, 0.3) is 0 Å². The van der Waals surface area contributed by atoms with Crippen LogP contribution in [-0.4, -0.2) is 31.6 Å². The molecule has 1 aliphatic rings. The lowest BCUT2D eigenvalue weighted by Gasteiger charge is -2.36. The maximum Gasteiger partial charge on any atom is 0.220 e. The van der Waals surface area contributed by atoms with Gasteiger partial charge in [-0.25, -0.2) is 0 Å². The smallest absolute Gasteiger partial charge is 0.220 e. The standard InChI is InChI=1S/C17H19NO3S/c1-11(19)18-7-6-12-9-14(20-2)15(21-3)10-13(12)17(18)16-5-4-8-22-16/h4-5,8-10,17H,6-7H2,1-3H3/t17-/m0/s1. The summed E-state index contributed by atoms with van der Waals surface area (Å²) in [5, 5.41) is 2.04. The second-order valence-electron chi connectivity index (χ2n) is 5.29. The first-order valence-electron chi connectivity index (χ1n) is 7.21. The number of fused-ring (bicyclic) bond motifs is 1. The Morgan fingerprint density at radius 1 is 1.27 bits per heavy atom. The molecule has 1 aliphatic heterocycles. The predicted molar refractivity (Wildman–Crippen MR) is 86.8 cm³/mol. The third-order valence-electron chi connectivity index (χ3n) is 4.09. The Hall–Kier alpha value is -2.01. The van der Waals surface area contributed by atoms with Gasteiger partial charge >= 0.3 is 0 Å². The van der Waals surface area contributed by atoms with Crippen LogP contribution in [0.3, 0.4) is 0 Å². The molecule has 0 N–H and O–H groups in total. The molecule has 5 heteroatoms. The number of hydrogen-bond donors (Lipinski definition) is 0. The highest BCUT2D eigenvalue weighted by molar-refractivity contribution is 7.10. The van der Waals surface area contributed by atoms with E-state index in [0.29, 0.717) is 5.75 Å². The van der Waals surface area contributed by atoms with Gasteiger partial charge in [-0.3, -0.25) is 4.79 Å². The van der Waals surface area contributed by atoms with E-state index in [9.17, 15) is 4.79 Å². The summed E-state index contributed by atoms with van der Waals surface area (Å²) in [6.07, 6.45) is 0.830. The van der Waals surface area contributed by atoms with Gasteiger partial charge in [-0.1, -0.05) is 6.07 Å². The van der Waals surface area contributed by atoms with Crippen molar-refractivity contribution in [2.75, 3.05) is 20.8 Å². The second-order valence-corrected chi connectivity index (χ2v) is 6.27. The lowest BCUT2D eigenvalue weighted by Crippen LogP contribution is -2.39. The summed E-state index contributed by atoms with van der Waals surface area (Å²) in [6, 6.07) is 8.10. The number of nitrogens with zero attached hydrogens (tertiary/aromatic N) is 1. The number of ether oxygens (including phenoxy) is 2. The van der Waals surface area contributed by atoms with Gasteiger partial charge in [0.2, 0.25) is 5.91 Å². The summed E-state index contributed by atoms with van der Waals surface area (Å²) < 4.78 is 10.8. The molecule has 22 heavy (non-hydrogen) atoms. The molecule has 1 aromatic carbocycles. The number of thiophene rings is 1. The zero-order valence-electron chi connectivity index (χ0n) is 13.0. The second kappa shape index (κ2) is 6.01. The number of carbonyl (C=O) groups is 1. The van der Waals surface area contributed by atoms with Crippen LogP contribution in [0, 0.1) is 0 Å². The van der Waals surface area contributed by atoms with E-state index in [-0.39, 0.29) is 11.9 Å². The van der Waals surface area contributed by atoms with E-state index in [0.717, 1.165) is 24.3 Å². The molecule has 4 nitrogen and oxygen atoms in total. The van der Waals surface area contributed by atoms with Crippen molar-refractivity contribution in [3.8, 4) is 11.5 Å². The Balaban J connectivity index is 2.15. The molecule has 0 spiro atoms. The first-order chi connectivity index (χ1) is 10.7. The van der Waals surface area contributed by atoms with E-state index >= 15 is 0 Å². The van der Waals surface area contributed by atoms with E-state index in [4.69, 9.17) is 9.47 Å². The van der Waals surface area contributed by atoms with Crippen molar-refractivity contribution >= 4 is 17.2 Å². The van der Waals surface area contributed by atoms with Crippen molar-refractivity contribution < 1.29 is 14.3 Å². The molecule has 0 saturated carbocycles. The molecular weight excluding hydrogens is 298 g/mol. The van der Waals surface area contributed by atoms with Crippen LogP contribution in [0.15, 0.2) is 29.6 Å². The SMILES string of the molecule is COc1cc2c(cc1OC)[C@@H](c1cccs1)N(C(C)=O)CC2. The van der Waals surface area contributed by atoms with Crippen LogP contribution < -0.4 is 9.47 Å². The fraction of sp³-hybridized carbons (Fsp3) is 0.353. The molecule has 0 bridgehead atoms. The van der Waals surface area contributed by atoms with Gasteiger partial charge in [-0.2, -0.15) is 0 Å². The normalized spacial score (nSPS) is 17.0. The minimum absolute atomic E-state index is 0.0407. The topological polar surface area (TPSA) is 38.8 Å². The molecule has 0 radical (unpaired) electrons. The fourth-order valence-corrected chi connectivity index (χ4v) is 3.89. The molecule has 3 rings (SSSR count). The predicted octanol–water partition coefficient (Wildman–Crippen LogP) is 3.26. The van der Waals surface area contributed by atoms with Crippen LogP contribution in [0.5, 0.6) is 11.5 Å². The minimum atomic E-state index is -0.0407. The highest BCUT2D eigenvalue weighted by atomic mass is 32.1. The number of methoxy groups -OCH3 is 2. The largest absolute Gasteiger partial charge is 0.493 e. The number of amides is 1. The Morgan fingerprint density at radius 2 is 2.00 bits per heavy atom. The van der Waals surface area contributed by atoms with Gasteiger partial charge in [0.1, 0.15) is 0 Å². The lowest BCUT2D eigenvalue weighted by molar-refractivity contribution is -0.130. The van der Waals surface area contributed by atoms with E-state index < -0.39 is 0 Å². The average Bonchev–Trinajstić information content (AvgIpc) is 3.06. The van der Waals surface area contributed by atoms with Crippen LogP contribution in [0.1, 0.15) is 29.0 Å². The Bertz CT molecular complexity index is 681. The number of hydrogen-bond acceptors (Lipinski definition) is 4. The average molecular weight is 317 g/mol. The fourth-order valence-electron chi connectivity index (χ4n) is 3.04. The molecule has 1 atom stereocenters. The lowest BCUT2D eigenvalue weighted by atomic mass is 9.91. The van der Waals surface area contributed by atoms with Gasteiger partial charge in [0.25, 0.3) is 0 Å². The van der Waals surface area contributed by atoms with Crippen molar-refractivity contribution in [1.82, 2.24) is 4.90 Å². The maximum atomic E-state index is 12.1. The zero-order chi connectivity index (χ0) is 15.7. The van der Waals surface area contributed by atoms with Gasteiger partial charge in [0, 0.05) is 18.3 Å². The maximum absolute atomic E-state index is 12.1. The van der Waals surface area contributed by atoms with Gasteiger partial charge < -0.3 is 14.4 Å². The number of benzene rings is 1. The van der Waals surface area contributed by atoms with E-state index in [1.165, 1.54) is 10.4 Å². The molecule has 2 aromatic rings. The van der Waals surface area contributed by atoms with Crippen LogP contribution >= 0.6 is 11.3 Å². The summed E-state index contributed by atoms with van der Waals surface area (Å²) in [5.41, 5.74) is 2.34. The third kappa shape index (κ3) is 2.46. The van der Waals surface area contributed by atoms with E-state index in [1.54, 1.807) is 32.5 Å². The minimum Gasteiger partial charge on any atom is -0.493 e. The quantitative estimate of drug-likeness (QED) is 0.872. The Morgan fingerprint density at radius 3 is 2.59 bits per heavy atom. The van der Waals surface area contributed by atoms with Crippen LogP contribution in [0.4, 0.5) is 0 Å². The first kappa shape index (κ1) is 14.9. The molecule has 2 heterocycles. The van der Waals surface area contributed by atoms with Crippen molar-refractivity contribution in [2.24, 2.45) is 0 Å². The van der Waals surface area contributed by atoms with Crippen LogP contribution in [0.2, 0.25) is 0 Å². The molecule has 0 unspecified atom stereocenters. The molecular formula is C17H19NO3S. The molecule has 1 aromatic heterocycles. The van der Waals surface area contributed by atoms with Crippen molar-refractivity contribution in [3.05, 3.63) is 45.6 Å². The van der Waals surface area contributed by atoms with Gasteiger partial charge in [-0.05, 0) is 41.1 Å². The number of carbonyl (C=O) groups excluding carboxylic acids is 1. The molecule has 116 valence electrons. The van der Waals surface area contributed by atoms with Crippen molar-refractivity contribution in [2.45, 2.75) is 19.4 Å². The van der Waals surface area contributed by atoms with E-state index in [2.05, 4.69) is 6.07 Å². The first-order valence-corrected chi connectivity index (χ1v) is 8.09. The Kier molecular flexibility index (Phi) is 4.07. The van der Waals surface area contributed by atoms with Gasteiger partial charge in [0.15, 0.2) is 11.5 Å². The third-order valence-corrected chi connectivity index (χ3v) is 5.02. The summed E-state index contributed by atoms with van der Waals surface area (Å²) >= 11 is 1.67. The summed E-state index contributed by atoms with van der Waals surface area (Å²) in [4.78, 5) is 15.2. The molecule has 1 amide bonds. The highest BCUT2D eigenvalue weighted by Gasteiger charge is 2.32. The molecule has 0 saturated heterocycles. The van der Waals surface area contributed by atoms with E-state index in [1.807, 2.05) is 28.5 Å². The molecule has 0 fully saturated rings.